The molecule has 2 aromatic rings. The zero-order valence-corrected chi connectivity index (χ0v) is 12.0. The van der Waals surface area contributed by atoms with Crippen LogP contribution in [0.3, 0.4) is 0 Å². The monoisotopic (exact) mass is 325 g/mol. The van der Waals surface area contributed by atoms with Crippen LogP contribution in [0.15, 0.2) is 36.4 Å². The number of amides is 1. The second-order valence-corrected chi connectivity index (χ2v) is 4.95. The number of nitrogens with zero attached hydrogens (tertiary/aromatic N) is 1. The second kappa shape index (κ2) is 5.99. The molecule has 8 heteroatoms. The number of hydrogen-bond acceptors (Lipinski definition) is 4. The number of anilines is 2. The maximum Gasteiger partial charge on any atom is 0.294 e. The van der Waals surface area contributed by atoms with Gasteiger partial charge in [0.2, 0.25) is 0 Å². The third kappa shape index (κ3) is 3.42. The predicted octanol–water partition coefficient (Wildman–Crippen LogP) is 3.74. The Hall–Kier alpha value is -2.31. The molecule has 0 heterocycles. The number of nitro benzene ring substituents is 1. The summed E-state index contributed by atoms with van der Waals surface area (Å²) < 4.78 is 0. The maximum atomic E-state index is 12.1. The summed E-state index contributed by atoms with van der Waals surface area (Å²) in [6.45, 7) is 0. The fraction of sp³-hybridized carbons (Fsp3) is 0. The number of rotatable bonds is 3. The molecule has 0 aromatic heterocycles. The molecule has 0 fully saturated rings. The van der Waals surface area contributed by atoms with Crippen LogP contribution in [0.5, 0.6) is 0 Å². The van der Waals surface area contributed by atoms with Crippen molar-refractivity contribution in [3.05, 3.63) is 62.1 Å². The fourth-order valence-corrected chi connectivity index (χ4v) is 1.97. The largest absolute Gasteiger partial charge is 0.398 e. The third-order valence-electron chi connectivity index (χ3n) is 2.67. The molecule has 21 heavy (non-hydrogen) atoms. The first-order valence-corrected chi connectivity index (χ1v) is 6.44. The highest BCUT2D eigenvalue weighted by molar-refractivity contribution is 6.33. The lowest BCUT2D eigenvalue weighted by molar-refractivity contribution is -0.383. The van der Waals surface area contributed by atoms with Crippen LogP contribution in [0.2, 0.25) is 10.0 Å². The van der Waals surface area contributed by atoms with Crippen LogP contribution in [0.1, 0.15) is 10.4 Å². The summed E-state index contributed by atoms with van der Waals surface area (Å²) in [6.07, 6.45) is 0. The number of hydrogen-bond donors (Lipinski definition) is 2. The van der Waals surface area contributed by atoms with Crippen molar-refractivity contribution < 1.29 is 9.72 Å². The van der Waals surface area contributed by atoms with Gasteiger partial charge in [-0.15, -0.1) is 0 Å². The Morgan fingerprint density at radius 2 is 1.90 bits per heavy atom. The van der Waals surface area contributed by atoms with Crippen molar-refractivity contribution in [2.75, 3.05) is 11.1 Å². The Balaban J connectivity index is 2.31. The van der Waals surface area contributed by atoms with Gasteiger partial charge in [-0.3, -0.25) is 14.9 Å². The number of carbonyl (C=O) groups excluding carboxylic acids is 1. The Morgan fingerprint density at radius 1 is 1.19 bits per heavy atom. The van der Waals surface area contributed by atoms with E-state index < -0.39 is 10.8 Å². The molecule has 0 radical (unpaired) electrons. The van der Waals surface area contributed by atoms with Crippen LogP contribution < -0.4 is 11.1 Å². The summed E-state index contributed by atoms with van der Waals surface area (Å²) in [7, 11) is 0. The van der Waals surface area contributed by atoms with Crippen molar-refractivity contribution in [2.24, 2.45) is 0 Å². The molecular weight excluding hydrogens is 317 g/mol. The third-order valence-corrected chi connectivity index (χ3v) is 3.23. The number of halogens is 2. The van der Waals surface area contributed by atoms with E-state index in [-0.39, 0.29) is 27.0 Å². The van der Waals surface area contributed by atoms with Crippen molar-refractivity contribution in [3.8, 4) is 0 Å². The van der Waals surface area contributed by atoms with E-state index in [0.717, 1.165) is 6.07 Å². The standard InChI is InChI=1S/C13H9Cl2N3O3/c14-8-2-4-11(12(6-8)18(20)21)17-13(19)7-1-3-10(16)9(15)5-7/h1-6H,16H2,(H,17,19). The number of nitrogens with two attached hydrogens (primary N) is 1. The fourth-order valence-electron chi connectivity index (χ4n) is 1.62. The number of carbonyl (C=O) groups is 1. The van der Waals surface area contributed by atoms with Crippen LogP contribution in [0.4, 0.5) is 17.1 Å². The Morgan fingerprint density at radius 3 is 2.52 bits per heavy atom. The molecule has 0 aliphatic heterocycles. The van der Waals surface area contributed by atoms with Crippen LogP contribution in [0.25, 0.3) is 0 Å². The summed E-state index contributed by atoms with van der Waals surface area (Å²) in [5, 5.41) is 13.8. The second-order valence-electron chi connectivity index (χ2n) is 4.11. The van der Waals surface area contributed by atoms with Crippen LogP contribution in [0, 0.1) is 10.1 Å². The normalized spacial score (nSPS) is 10.2. The highest BCUT2D eigenvalue weighted by atomic mass is 35.5. The lowest BCUT2D eigenvalue weighted by atomic mass is 10.2. The van der Waals surface area contributed by atoms with Gasteiger partial charge in [0.15, 0.2) is 0 Å². The molecule has 0 unspecified atom stereocenters. The predicted molar refractivity (Wildman–Crippen MR) is 81.9 cm³/mol. The zero-order chi connectivity index (χ0) is 15.6. The SMILES string of the molecule is Nc1ccc(C(=O)Nc2ccc(Cl)cc2[N+](=O)[O-])cc1Cl. The van der Waals surface area contributed by atoms with Crippen LogP contribution in [-0.2, 0) is 0 Å². The average molecular weight is 326 g/mol. The van der Waals surface area contributed by atoms with E-state index in [0.29, 0.717) is 5.69 Å². The van der Waals surface area contributed by atoms with Gasteiger partial charge in [-0.1, -0.05) is 23.2 Å². The molecule has 0 atom stereocenters. The van der Waals surface area contributed by atoms with E-state index >= 15 is 0 Å². The van der Waals surface area contributed by atoms with Gasteiger partial charge in [0.25, 0.3) is 11.6 Å². The smallest absolute Gasteiger partial charge is 0.294 e. The van der Waals surface area contributed by atoms with E-state index in [1.807, 2.05) is 0 Å². The minimum Gasteiger partial charge on any atom is -0.398 e. The first kappa shape index (κ1) is 15.1. The molecule has 6 nitrogen and oxygen atoms in total. The van der Waals surface area contributed by atoms with Crippen LogP contribution in [-0.4, -0.2) is 10.8 Å². The van der Waals surface area contributed by atoms with Crippen molar-refractivity contribution in [1.82, 2.24) is 0 Å². The van der Waals surface area contributed by atoms with Gasteiger partial charge in [0.05, 0.1) is 15.6 Å². The highest BCUT2D eigenvalue weighted by Gasteiger charge is 2.17. The van der Waals surface area contributed by atoms with E-state index in [4.69, 9.17) is 28.9 Å². The van der Waals surface area contributed by atoms with Crippen molar-refractivity contribution in [1.29, 1.82) is 0 Å². The van der Waals surface area contributed by atoms with E-state index in [1.54, 1.807) is 0 Å². The lowest BCUT2D eigenvalue weighted by Gasteiger charge is -2.07. The summed E-state index contributed by atoms with van der Waals surface area (Å²) in [5.74, 6) is -0.540. The molecule has 0 saturated heterocycles. The van der Waals surface area contributed by atoms with Gasteiger partial charge >= 0.3 is 0 Å². The lowest BCUT2D eigenvalue weighted by Crippen LogP contribution is -2.13. The minimum absolute atomic E-state index is 0.0438. The Labute approximate surface area is 129 Å². The molecular formula is C13H9Cl2N3O3. The van der Waals surface area contributed by atoms with Crippen molar-refractivity contribution in [3.63, 3.8) is 0 Å². The van der Waals surface area contributed by atoms with Gasteiger partial charge < -0.3 is 11.1 Å². The molecule has 108 valence electrons. The average Bonchev–Trinajstić information content (AvgIpc) is 2.43. The van der Waals surface area contributed by atoms with E-state index in [9.17, 15) is 14.9 Å². The van der Waals surface area contributed by atoms with Gasteiger partial charge in [0, 0.05) is 16.7 Å². The Bertz CT molecular complexity index is 735. The van der Waals surface area contributed by atoms with Crippen LogP contribution >= 0.6 is 23.2 Å². The first-order valence-electron chi connectivity index (χ1n) is 5.69. The number of nitrogen functional groups attached to an aromatic ring is 1. The van der Waals surface area contributed by atoms with Gasteiger partial charge in [0.1, 0.15) is 5.69 Å². The van der Waals surface area contributed by atoms with Gasteiger partial charge in [-0.2, -0.15) is 0 Å². The molecule has 3 N–H and O–H groups in total. The quantitative estimate of drug-likeness (QED) is 0.510. The summed E-state index contributed by atoms with van der Waals surface area (Å²) >= 11 is 11.5. The molecule has 0 aliphatic rings. The minimum atomic E-state index is -0.628. The van der Waals surface area contributed by atoms with Gasteiger partial charge in [-0.25, -0.2) is 0 Å². The van der Waals surface area contributed by atoms with Crippen molar-refractivity contribution in [2.45, 2.75) is 0 Å². The Kier molecular flexibility index (Phi) is 4.30. The number of nitro groups is 1. The number of benzene rings is 2. The molecule has 1 amide bonds. The van der Waals surface area contributed by atoms with E-state index in [2.05, 4.69) is 5.32 Å². The maximum absolute atomic E-state index is 12.1. The molecule has 0 aliphatic carbocycles. The van der Waals surface area contributed by atoms with E-state index in [1.165, 1.54) is 30.3 Å². The summed E-state index contributed by atoms with van der Waals surface area (Å²) in [4.78, 5) is 22.4. The highest BCUT2D eigenvalue weighted by Crippen LogP contribution is 2.28. The first-order chi connectivity index (χ1) is 9.88. The molecule has 2 rings (SSSR count). The number of nitrogens with one attached hydrogen (secondary N) is 1. The summed E-state index contributed by atoms with van der Waals surface area (Å²) in [6, 6.07) is 8.30. The zero-order valence-electron chi connectivity index (χ0n) is 10.5. The molecule has 0 bridgehead atoms. The summed E-state index contributed by atoms with van der Waals surface area (Å²) in [5.41, 5.74) is 5.88. The molecule has 0 spiro atoms. The van der Waals surface area contributed by atoms with Gasteiger partial charge in [-0.05, 0) is 30.3 Å². The topological polar surface area (TPSA) is 98.3 Å². The molecule has 2 aromatic carbocycles. The molecule has 0 saturated carbocycles. The van der Waals surface area contributed by atoms with Crippen molar-refractivity contribution >= 4 is 46.2 Å².